The van der Waals surface area contributed by atoms with Crippen molar-refractivity contribution in [3.8, 4) is 0 Å². The van der Waals surface area contributed by atoms with Crippen LogP contribution in [0.25, 0.3) is 0 Å². The maximum Gasteiger partial charge on any atom is 0.326 e. The second kappa shape index (κ2) is 13.7. The van der Waals surface area contributed by atoms with E-state index in [0.717, 1.165) is 19.3 Å². The van der Waals surface area contributed by atoms with Crippen LogP contribution in [0, 0.1) is 29.6 Å². The summed E-state index contributed by atoms with van der Waals surface area (Å²) in [6.07, 6.45) is 0.558. The second-order valence-corrected chi connectivity index (χ2v) is 13.3. The first-order chi connectivity index (χ1) is 20.6. The molecule has 1 spiro atoms. The minimum Gasteiger partial charge on any atom is -0.481 e. The van der Waals surface area contributed by atoms with Crippen LogP contribution >= 0.6 is 0 Å². The highest BCUT2D eigenvalue weighted by atomic mass is 17.3. The Morgan fingerprint density at radius 1 is 0.932 bits per heavy atom. The van der Waals surface area contributed by atoms with E-state index in [0.29, 0.717) is 12.3 Å². The molecule has 0 aromatic rings. The minimum absolute atomic E-state index is 0.0352. The molecular weight excluding hydrogens is 580 g/mol. The molecule has 10 atom stereocenters. The molecule has 4 heterocycles. The number of carbonyl (C=O) groups is 5. The number of hydrogen-bond acceptors (Lipinski definition) is 10. The van der Waals surface area contributed by atoms with Gasteiger partial charge in [-0.3, -0.25) is 19.2 Å². The van der Waals surface area contributed by atoms with Gasteiger partial charge >= 0.3 is 17.9 Å². The number of nitrogens with one attached hydrogen (secondary N) is 2. The Morgan fingerprint density at radius 3 is 2.32 bits per heavy atom. The van der Waals surface area contributed by atoms with Gasteiger partial charge in [-0.2, -0.15) is 0 Å². The second-order valence-electron chi connectivity index (χ2n) is 13.3. The van der Waals surface area contributed by atoms with E-state index in [1.165, 1.54) is 0 Å². The number of carbonyl (C=O) groups excluding carboxylic acids is 3. The van der Waals surface area contributed by atoms with Crippen LogP contribution < -0.4 is 10.6 Å². The Kier molecular flexibility index (Phi) is 10.6. The predicted octanol–water partition coefficient (Wildman–Crippen LogP) is 2.48. The lowest BCUT2D eigenvalue weighted by Gasteiger charge is -2.59. The largest absolute Gasteiger partial charge is 0.481 e. The minimum atomic E-state index is -1.42. The van der Waals surface area contributed by atoms with Crippen molar-refractivity contribution in [3.63, 3.8) is 0 Å². The van der Waals surface area contributed by atoms with Crippen molar-refractivity contribution < 1.29 is 58.2 Å². The van der Waals surface area contributed by atoms with Crippen LogP contribution in [0.15, 0.2) is 0 Å². The Bertz CT molecular complexity index is 1120. The monoisotopic (exact) mass is 626 g/mol. The van der Waals surface area contributed by atoms with E-state index in [1.807, 2.05) is 27.7 Å². The number of esters is 1. The van der Waals surface area contributed by atoms with Gasteiger partial charge in [-0.05, 0) is 56.8 Å². The fraction of sp³-hybridized carbons (Fsp3) is 0.833. The third kappa shape index (κ3) is 7.35. The van der Waals surface area contributed by atoms with Crippen LogP contribution in [0.5, 0.6) is 0 Å². The van der Waals surface area contributed by atoms with E-state index < -0.39 is 72.2 Å². The summed E-state index contributed by atoms with van der Waals surface area (Å²) >= 11 is 0. The molecule has 0 aromatic carbocycles. The van der Waals surface area contributed by atoms with Gasteiger partial charge in [-0.25, -0.2) is 14.6 Å². The lowest BCUT2D eigenvalue weighted by Crippen LogP contribution is -2.70. The maximum absolute atomic E-state index is 12.9. The van der Waals surface area contributed by atoms with Gasteiger partial charge in [0.05, 0.1) is 6.42 Å². The van der Waals surface area contributed by atoms with Crippen molar-refractivity contribution in [2.75, 3.05) is 0 Å². The van der Waals surface area contributed by atoms with Gasteiger partial charge in [-0.15, -0.1) is 0 Å². The molecule has 0 radical (unpaired) electrons. The molecule has 4 saturated heterocycles. The quantitative estimate of drug-likeness (QED) is 0.172. The van der Waals surface area contributed by atoms with Crippen LogP contribution in [0.3, 0.4) is 0 Å². The van der Waals surface area contributed by atoms with E-state index in [1.54, 1.807) is 0 Å². The van der Waals surface area contributed by atoms with Crippen molar-refractivity contribution in [1.82, 2.24) is 10.6 Å². The van der Waals surface area contributed by atoms with E-state index in [9.17, 15) is 29.1 Å². The summed E-state index contributed by atoms with van der Waals surface area (Å²) in [6.45, 7) is 9.62. The summed E-state index contributed by atoms with van der Waals surface area (Å²) in [5, 5.41) is 23.1. The van der Waals surface area contributed by atoms with E-state index >= 15 is 0 Å². The van der Waals surface area contributed by atoms with E-state index in [2.05, 4.69) is 17.6 Å². The molecule has 4 aliphatic heterocycles. The van der Waals surface area contributed by atoms with Gasteiger partial charge in [0.15, 0.2) is 11.9 Å². The number of hydrogen-bond donors (Lipinski definition) is 4. The molecule has 1 aliphatic carbocycles. The molecule has 1 saturated carbocycles. The third-order valence-corrected chi connectivity index (χ3v) is 9.52. The molecule has 4 N–H and O–H groups in total. The summed E-state index contributed by atoms with van der Waals surface area (Å²) in [5.74, 6) is -5.28. The van der Waals surface area contributed by atoms with Crippen LogP contribution in [0.1, 0.15) is 92.4 Å². The number of aliphatic carboxylic acids is 2. The average molecular weight is 627 g/mol. The van der Waals surface area contributed by atoms with Crippen LogP contribution in [0.4, 0.5) is 0 Å². The summed E-state index contributed by atoms with van der Waals surface area (Å²) in [4.78, 5) is 72.8. The topological polar surface area (TPSA) is 196 Å². The van der Waals surface area contributed by atoms with Gasteiger partial charge in [0, 0.05) is 31.1 Å². The molecule has 5 fully saturated rings. The summed E-state index contributed by atoms with van der Waals surface area (Å²) in [7, 11) is 0. The third-order valence-electron chi connectivity index (χ3n) is 9.52. The van der Waals surface area contributed by atoms with Crippen LogP contribution in [-0.2, 0) is 48.0 Å². The first-order valence-corrected chi connectivity index (χ1v) is 15.6. The smallest absolute Gasteiger partial charge is 0.326 e. The number of fused-ring (bicyclic) bond motifs is 2. The van der Waals surface area contributed by atoms with E-state index in [-0.39, 0.29) is 49.4 Å². The normalized spacial score (nSPS) is 35.5. The average Bonchev–Trinajstić information content (AvgIpc) is 3.17. The first-order valence-electron chi connectivity index (χ1n) is 15.6. The summed E-state index contributed by atoms with van der Waals surface area (Å²) in [6, 6.07) is -2.50. The van der Waals surface area contributed by atoms with Crippen molar-refractivity contribution in [3.05, 3.63) is 0 Å². The zero-order valence-electron chi connectivity index (χ0n) is 26.0. The lowest BCUT2D eigenvalue weighted by molar-refractivity contribution is -0.576. The summed E-state index contributed by atoms with van der Waals surface area (Å²) in [5.41, 5.74) is -0.796. The van der Waals surface area contributed by atoms with Gasteiger partial charge in [0.1, 0.15) is 12.1 Å². The van der Waals surface area contributed by atoms with Gasteiger partial charge in [0.25, 0.3) is 0 Å². The van der Waals surface area contributed by atoms with Gasteiger partial charge in [-0.1, -0.05) is 27.7 Å². The van der Waals surface area contributed by atoms with Crippen molar-refractivity contribution in [1.29, 1.82) is 0 Å². The predicted molar refractivity (Wildman–Crippen MR) is 150 cm³/mol. The molecule has 248 valence electrons. The van der Waals surface area contributed by atoms with Gasteiger partial charge < -0.3 is 35.1 Å². The Balaban J connectivity index is 1.34. The standard InChI is InChI=1S/C30H46N2O12/c1-15(2)14-21(25(37)32-20(26(38)39)8-10-23(34)35)31-22(33)9-11-24(36)40-27-17(4)19-7-6-16(3)18-12-13-29(5)42-28(41-27)30(18,19)44-43-29/h15-21,27-28H,6-14H2,1-5H3,(H,31,33)(H,32,37)(H,34,35)(H,38,39)/t16-,17?,18+,19?,20?,21?,27?,28+,29?,30?/m1/s1. The number of carboxylic acid groups (broad SMARTS) is 2. The first kappa shape index (κ1) is 34.1. The maximum atomic E-state index is 12.9. The highest BCUT2D eigenvalue weighted by Gasteiger charge is 2.69. The number of rotatable bonds is 13. The number of carboxylic acids is 2. The van der Waals surface area contributed by atoms with Crippen molar-refractivity contribution in [2.45, 2.75) is 128 Å². The fourth-order valence-corrected chi connectivity index (χ4v) is 7.18. The van der Waals surface area contributed by atoms with E-state index in [4.69, 9.17) is 29.1 Å². The SMILES string of the molecule is CC(C)CC(NC(=O)CCC(=O)OC1O[C@H]2OC3(C)CC[C@H]4[C@H](C)CCC(C1C)C24OO3)C(=O)NC(CCC(=O)O)C(=O)O. The van der Waals surface area contributed by atoms with Crippen molar-refractivity contribution in [2.24, 2.45) is 29.6 Å². The number of ether oxygens (including phenoxy) is 3. The molecule has 14 nitrogen and oxygen atoms in total. The zero-order chi connectivity index (χ0) is 32.4. The molecule has 44 heavy (non-hydrogen) atoms. The number of amides is 2. The Labute approximate surface area is 256 Å². The van der Waals surface area contributed by atoms with Crippen LogP contribution in [-0.4, -0.2) is 76.0 Å². The van der Waals surface area contributed by atoms with Crippen LogP contribution in [0.2, 0.25) is 0 Å². The zero-order valence-corrected chi connectivity index (χ0v) is 26.0. The lowest BCUT2D eigenvalue weighted by atomic mass is 9.58. The Hall–Kier alpha value is -2.81. The Morgan fingerprint density at radius 2 is 1.66 bits per heavy atom. The molecule has 5 aliphatic rings. The summed E-state index contributed by atoms with van der Waals surface area (Å²) < 4.78 is 18.3. The molecule has 2 bridgehead atoms. The fourth-order valence-electron chi connectivity index (χ4n) is 7.18. The molecule has 2 amide bonds. The molecule has 14 heteroatoms. The molecule has 5 rings (SSSR count). The molecular formula is C30H46N2O12. The van der Waals surface area contributed by atoms with Crippen molar-refractivity contribution >= 4 is 29.7 Å². The molecule has 7 unspecified atom stereocenters. The highest BCUT2D eigenvalue weighted by Crippen LogP contribution is 2.60. The highest BCUT2D eigenvalue weighted by molar-refractivity contribution is 5.91. The molecule has 0 aromatic heterocycles. The van der Waals surface area contributed by atoms with Gasteiger partial charge in [0.2, 0.25) is 23.9 Å².